The maximum atomic E-state index is 14.7. The monoisotopic (exact) mass is 381 g/mol. The maximum absolute atomic E-state index is 14.7. The molecule has 0 fully saturated rings. The summed E-state index contributed by atoms with van der Waals surface area (Å²) in [6.07, 6.45) is 0.737. The zero-order valence-electron chi connectivity index (χ0n) is 15.9. The van der Waals surface area contributed by atoms with Gasteiger partial charge in [0.15, 0.2) is 5.43 Å². The van der Waals surface area contributed by atoms with Crippen LogP contribution in [0.5, 0.6) is 0 Å². The van der Waals surface area contributed by atoms with Crippen LogP contribution in [0.4, 0.5) is 4.39 Å². The fourth-order valence-electron chi connectivity index (χ4n) is 3.82. The van der Waals surface area contributed by atoms with E-state index in [1.54, 1.807) is 47.4 Å². The average molecular weight is 381 g/mol. The van der Waals surface area contributed by atoms with Crippen molar-refractivity contribution in [2.75, 3.05) is 27.2 Å². The highest BCUT2D eigenvalue weighted by Crippen LogP contribution is 2.38. The van der Waals surface area contributed by atoms with Crippen LogP contribution in [0.1, 0.15) is 34.1 Å². The van der Waals surface area contributed by atoms with E-state index in [0.29, 0.717) is 23.1 Å². The second-order valence-corrected chi connectivity index (χ2v) is 7.40. The number of nitrogens with one attached hydrogen (secondary N) is 1. The van der Waals surface area contributed by atoms with Crippen LogP contribution in [0, 0.1) is 5.82 Å². The van der Waals surface area contributed by atoms with E-state index >= 15 is 0 Å². The van der Waals surface area contributed by atoms with E-state index in [-0.39, 0.29) is 22.7 Å². The lowest BCUT2D eigenvalue weighted by Gasteiger charge is -2.25. The zero-order valence-corrected chi connectivity index (χ0v) is 15.9. The van der Waals surface area contributed by atoms with Gasteiger partial charge < -0.3 is 14.2 Å². The number of fused-ring (bicyclic) bond motifs is 2. The number of carbonyl (C=O) groups is 1. The molecular weight excluding hydrogens is 359 g/mol. The molecule has 0 radical (unpaired) electrons. The Balaban J connectivity index is 1.89. The average Bonchev–Trinajstić information content (AvgIpc) is 2.95. The molecule has 0 saturated carbocycles. The van der Waals surface area contributed by atoms with Crippen LogP contribution in [0.15, 0.2) is 57.7 Å². The number of carbonyl (C=O) groups excluding carboxylic acids is 1. The Morgan fingerprint density at radius 3 is 2.54 bits per heavy atom. The molecule has 1 aliphatic heterocycles. The minimum absolute atomic E-state index is 0.0224. The summed E-state index contributed by atoms with van der Waals surface area (Å²) < 4.78 is 20.5. The molecule has 2 heterocycles. The van der Waals surface area contributed by atoms with E-state index in [9.17, 15) is 14.0 Å². The number of hydrogen-bond acceptors (Lipinski definition) is 3. The molecule has 0 saturated heterocycles. The summed E-state index contributed by atoms with van der Waals surface area (Å²) in [5.41, 5.74) is 0.631. The van der Waals surface area contributed by atoms with Gasteiger partial charge in [-0.2, -0.15) is 0 Å². The fourth-order valence-corrected chi connectivity index (χ4v) is 3.82. The highest BCUT2D eigenvalue weighted by Gasteiger charge is 2.43. The van der Waals surface area contributed by atoms with Crippen LogP contribution in [-0.4, -0.2) is 38.0 Å². The van der Waals surface area contributed by atoms with E-state index in [1.807, 2.05) is 14.1 Å². The Hall–Kier alpha value is -2.99. The van der Waals surface area contributed by atoms with Crippen molar-refractivity contribution in [2.45, 2.75) is 12.5 Å². The van der Waals surface area contributed by atoms with E-state index in [4.69, 9.17) is 4.42 Å². The summed E-state index contributed by atoms with van der Waals surface area (Å²) in [7, 11) is 4.07. The highest BCUT2D eigenvalue weighted by molar-refractivity contribution is 5.99. The Morgan fingerprint density at radius 2 is 1.79 bits per heavy atom. The lowest BCUT2D eigenvalue weighted by Crippen LogP contribution is -3.05. The molecule has 0 aliphatic carbocycles. The molecule has 0 unspecified atom stereocenters. The van der Waals surface area contributed by atoms with Gasteiger partial charge in [-0.25, -0.2) is 4.39 Å². The first-order chi connectivity index (χ1) is 13.5. The number of amides is 1. The van der Waals surface area contributed by atoms with Crippen molar-refractivity contribution in [3.8, 4) is 0 Å². The van der Waals surface area contributed by atoms with E-state index in [0.717, 1.165) is 13.0 Å². The molecule has 1 atom stereocenters. The minimum Gasteiger partial charge on any atom is -0.450 e. The molecule has 0 spiro atoms. The molecular formula is C22H22FN2O3+. The summed E-state index contributed by atoms with van der Waals surface area (Å²) in [6, 6.07) is 12.3. The van der Waals surface area contributed by atoms with Crippen molar-refractivity contribution in [1.29, 1.82) is 0 Å². The first kappa shape index (κ1) is 18.4. The third kappa shape index (κ3) is 2.99. The molecule has 5 nitrogen and oxygen atoms in total. The summed E-state index contributed by atoms with van der Waals surface area (Å²) in [5, 5.41) is 0.398. The first-order valence-electron chi connectivity index (χ1n) is 9.39. The molecule has 4 rings (SSSR count). The molecule has 28 heavy (non-hydrogen) atoms. The maximum Gasteiger partial charge on any atom is 0.290 e. The number of nitrogens with zero attached hydrogens (tertiary/aromatic N) is 1. The summed E-state index contributed by atoms with van der Waals surface area (Å²) in [5.74, 6) is -0.780. The molecule has 0 bridgehead atoms. The molecule has 3 aromatic rings. The minimum atomic E-state index is -0.776. The topological polar surface area (TPSA) is 55.0 Å². The molecule has 1 aromatic heterocycles. The number of hydrogen-bond donors (Lipinski definition) is 1. The SMILES string of the molecule is C[NH+](C)CCCN1C(=O)c2oc3ccccc3c(=O)c2[C@@H]1c1ccccc1F. The van der Waals surface area contributed by atoms with Crippen LogP contribution < -0.4 is 10.3 Å². The predicted molar refractivity (Wildman–Crippen MR) is 104 cm³/mol. The summed E-state index contributed by atoms with van der Waals surface area (Å²) in [6.45, 7) is 1.27. The number of benzene rings is 2. The third-order valence-corrected chi connectivity index (χ3v) is 5.15. The van der Waals surface area contributed by atoms with Gasteiger partial charge in [-0.3, -0.25) is 9.59 Å². The zero-order chi connectivity index (χ0) is 19.8. The lowest BCUT2D eigenvalue weighted by atomic mass is 9.98. The largest absolute Gasteiger partial charge is 0.450 e. The van der Waals surface area contributed by atoms with Crippen molar-refractivity contribution in [1.82, 2.24) is 4.90 Å². The quantitative estimate of drug-likeness (QED) is 0.736. The molecule has 144 valence electrons. The van der Waals surface area contributed by atoms with Crippen molar-refractivity contribution in [2.24, 2.45) is 0 Å². The van der Waals surface area contributed by atoms with Gasteiger partial charge in [0.2, 0.25) is 5.76 Å². The first-order valence-corrected chi connectivity index (χ1v) is 9.39. The summed E-state index contributed by atoms with van der Waals surface area (Å²) in [4.78, 5) is 29.2. The lowest BCUT2D eigenvalue weighted by molar-refractivity contribution is -0.858. The van der Waals surface area contributed by atoms with Gasteiger partial charge in [0.05, 0.1) is 37.6 Å². The van der Waals surface area contributed by atoms with Gasteiger partial charge in [0.25, 0.3) is 5.91 Å². The molecule has 2 aromatic carbocycles. The number of halogens is 1. The Morgan fingerprint density at radius 1 is 1.07 bits per heavy atom. The van der Waals surface area contributed by atoms with Crippen molar-refractivity contribution in [3.63, 3.8) is 0 Å². The molecule has 6 heteroatoms. The highest BCUT2D eigenvalue weighted by atomic mass is 19.1. The summed E-state index contributed by atoms with van der Waals surface area (Å²) >= 11 is 0. The van der Waals surface area contributed by atoms with Crippen LogP contribution in [0.2, 0.25) is 0 Å². The van der Waals surface area contributed by atoms with Crippen molar-refractivity contribution < 1.29 is 18.5 Å². The van der Waals surface area contributed by atoms with Crippen molar-refractivity contribution in [3.05, 3.63) is 81.5 Å². The number of quaternary nitrogens is 1. The van der Waals surface area contributed by atoms with Gasteiger partial charge in [0.1, 0.15) is 11.4 Å². The standard InChI is InChI=1S/C22H21FN2O3/c1-24(2)12-7-13-25-19(14-8-3-5-10-16(14)23)18-20(26)15-9-4-6-11-17(15)28-21(18)22(25)27/h3-6,8-11,19H,7,12-13H2,1-2H3/p+1/t19-/m0/s1. The van der Waals surface area contributed by atoms with E-state index < -0.39 is 11.9 Å². The second kappa shape index (κ2) is 7.20. The Bertz CT molecular complexity index is 1110. The molecule has 1 aliphatic rings. The third-order valence-electron chi connectivity index (χ3n) is 5.15. The number of rotatable bonds is 5. The number of para-hydroxylation sites is 1. The smallest absolute Gasteiger partial charge is 0.290 e. The molecule has 1 N–H and O–H groups in total. The van der Waals surface area contributed by atoms with Crippen LogP contribution in [0.3, 0.4) is 0 Å². The van der Waals surface area contributed by atoms with E-state index in [2.05, 4.69) is 0 Å². The Kier molecular flexibility index (Phi) is 4.73. The van der Waals surface area contributed by atoms with Gasteiger partial charge in [-0.1, -0.05) is 30.3 Å². The van der Waals surface area contributed by atoms with Crippen LogP contribution in [0.25, 0.3) is 11.0 Å². The molecule has 1 amide bonds. The fraction of sp³-hybridized carbons (Fsp3) is 0.273. The van der Waals surface area contributed by atoms with Crippen molar-refractivity contribution >= 4 is 16.9 Å². The van der Waals surface area contributed by atoms with Crippen LogP contribution in [-0.2, 0) is 0 Å². The van der Waals surface area contributed by atoms with E-state index in [1.165, 1.54) is 11.0 Å². The van der Waals surface area contributed by atoms with Gasteiger partial charge >= 0.3 is 0 Å². The normalized spacial score (nSPS) is 16.2. The predicted octanol–water partition coefficient (Wildman–Crippen LogP) is 2.01. The van der Waals surface area contributed by atoms with Crippen LogP contribution >= 0.6 is 0 Å². The van der Waals surface area contributed by atoms with Gasteiger partial charge in [-0.15, -0.1) is 0 Å². The Labute approximate surface area is 162 Å². The van der Waals surface area contributed by atoms with Gasteiger partial charge in [-0.05, 0) is 18.2 Å². The second-order valence-electron chi connectivity index (χ2n) is 7.40. The van der Waals surface area contributed by atoms with Gasteiger partial charge in [0, 0.05) is 18.5 Å².